The molecule has 4 nitrogen and oxygen atoms in total. The van der Waals surface area contributed by atoms with Crippen molar-refractivity contribution in [3.05, 3.63) is 71.3 Å². The molecule has 1 saturated heterocycles. The molecule has 1 heterocycles. The molecule has 2 aromatic carbocycles. The molecule has 1 unspecified atom stereocenters. The molecule has 26 heavy (non-hydrogen) atoms. The lowest BCUT2D eigenvalue weighted by Crippen LogP contribution is -2.33. The second-order valence-electron chi connectivity index (χ2n) is 6.43. The van der Waals surface area contributed by atoms with Crippen LogP contribution in [0.3, 0.4) is 0 Å². The normalized spacial score (nSPS) is 16.8. The fourth-order valence-corrected chi connectivity index (χ4v) is 3.06. The highest BCUT2D eigenvalue weighted by molar-refractivity contribution is 5.89. The zero-order valence-corrected chi connectivity index (χ0v) is 14.3. The van der Waals surface area contributed by atoms with Crippen LogP contribution in [0.4, 0.5) is 8.78 Å². The van der Waals surface area contributed by atoms with Crippen molar-refractivity contribution in [2.24, 2.45) is 5.92 Å². The van der Waals surface area contributed by atoms with E-state index in [1.54, 1.807) is 4.90 Å². The van der Waals surface area contributed by atoms with Crippen molar-refractivity contribution in [1.82, 2.24) is 10.2 Å². The number of carbonyl (C=O) groups is 2. The highest BCUT2D eigenvalue weighted by atomic mass is 19.1. The lowest BCUT2D eigenvalue weighted by molar-refractivity contribution is -0.129. The van der Waals surface area contributed by atoms with Crippen molar-refractivity contribution >= 4 is 11.8 Å². The molecule has 0 aliphatic carbocycles. The summed E-state index contributed by atoms with van der Waals surface area (Å²) in [4.78, 5) is 26.1. The Morgan fingerprint density at radius 2 is 1.92 bits per heavy atom. The Balaban J connectivity index is 1.50. The van der Waals surface area contributed by atoms with Gasteiger partial charge >= 0.3 is 0 Å². The van der Waals surface area contributed by atoms with Crippen LogP contribution in [-0.2, 0) is 22.6 Å². The minimum absolute atomic E-state index is 0.0281. The van der Waals surface area contributed by atoms with Gasteiger partial charge < -0.3 is 10.2 Å². The smallest absolute Gasteiger partial charge is 0.225 e. The van der Waals surface area contributed by atoms with E-state index in [2.05, 4.69) is 5.32 Å². The number of rotatable bonds is 6. The third kappa shape index (κ3) is 4.45. The average molecular weight is 358 g/mol. The van der Waals surface area contributed by atoms with E-state index >= 15 is 0 Å². The summed E-state index contributed by atoms with van der Waals surface area (Å²) in [5.74, 6) is -2.13. The van der Waals surface area contributed by atoms with Crippen molar-refractivity contribution in [3.63, 3.8) is 0 Å². The first-order chi connectivity index (χ1) is 12.5. The van der Waals surface area contributed by atoms with E-state index in [0.29, 0.717) is 13.1 Å². The molecule has 0 spiro atoms. The van der Waals surface area contributed by atoms with Crippen molar-refractivity contribution in [1.29, 1.82) is 0 Å². The molecule has 0 aromatic heterocycles. The average Bonchev–Trinajstić information content (AvgIpc) is 3.01. The lowest BCUT2D eigenvalue weighted by Gasteiger charge is -2.16. The zero-order chi connectivity index (χ0) is 18.5. The second-order valence-corrected chi connectivity index (χ2v) is 6.43. The Morgan fingerprint density at radius 1 is 1.15 bits per heavy atom. The number of carbonyl (C=O) groups excluding carboxylic acids is 2. The van der Waals surface area contributed by atoms with Crippen LogP contribution in [0.25, 0.3) is 0 Å². The molecule has 0 bridgehead atoms. The van der Waals surface area contributed by atoms with Gasteiger partial charge in [0.05, 0.1) is 5.92 Å². The SMILES string of the molecule is O=C(NCc1ccc(F)cc1F)C1CC(=O)N(CCc2ccccc2)C1. The van der Waals surface area contributed by atoms with Gasteiger partial charge in [-0.05, 0) is 18.1 Å². The summed E-state index contributed by atoms with van der Waals surface area (Å²) in [6.45, 7) is 0.905. The van der Waals surface area contributed by atoms with E-state index in [4.69, 9.17) is 0 Å². The summed E-state index contributed by atoms with van der Waals surface area (Å²) in [5, 5.41) is 2.64. The maximum atomic E-state index is 13.6. The number of amides is 2. The van der Waals surface area contributed by atoms with Gasteiger partial charge in [0.1, 0.15) is 11.6 Å². The predicted octanol–water partition coefficient (Wildman–Crippen LogP) is 2.67. The topological polar surface area (TPSA) is 49.4 Å². The molecule has 1 fully saturated rings. The molecule has 0 saturated carbocycles. The third-order valence-electron chi connectivity index (χ3n) is 4.57. The number of halogens is 2. The Bertz CT molecular complexity index is 796. The zero-order valence-electron chi connectivity index (χ0n) is 14.3. The predicted molar refractivity (Wildman–Crippen MR) is 93.0 cm³/mol. The van der Waals surface area contributed by atoms with Crippen LogP contribution in [-0.4, -0.2) is 29.8 Å². The molecule has 0 radical (unpaired) electrons. The van der Waals surface area contributed by atoms with Gasteiger partial charge in [-0.15, -0.1) is 0 Å². The molecule has 1 N–H and O–H groups in total. The summed E-state index contributed by atoms with van der Waals surface area (Å²) < 4.78 is 26.5. The highest BCUT2D eigenvalue weighted by Gasteiger charge is 2.33. The molecular weight excluding hydrogens is 338 g/mol. The Kier molecular flexibility index (Phi) is 5.61. The molecule has 2 amide bonds. The van der Waals surface area contributed by atoms with E-state index in [1.807, 2.05) is 30.3 Å². The van der Waals surface area contributed by atoms with Gasteiger partial charge in [0.25, 0.3) is 0 Å². The van der Waals surface area contributed by atoms with Gasteiger partial charge in [-0.25, -0.2) is 8.78 Å². The van der Waals surface area contributed by atoms with Crippen molar-refractivity contribution in [2.45, 2.75) is 19.4 Å². The summed E-state index contributed by atoms with van der Waals surface area (Å²) in [6, 6.07) is 13.1. The summed E-state index contributed by atoms with van der Waals surface area (Å²) >= 11 is 0. The van der Waals surface area contributed by atoms with Crippen LogP contribution < -0.4 is 5.32 Å². The second kappa shape index (κ2) is 8.08. The van der Waals surface area contributed by atoms with Crippen LogP contribution in [0.1, 0.15) is 17.5 Å². The van der Waals surface area contributed by atoms with Crippen LogP contribution >= 0.6 is 0 Å². The molecule has 1 atom stereocenters. The van der Waals surface area contributed by atoms with Gasteiger partial charge in [-0.2, -0.15) is 0 Å². The van der Waals surface area contributed by atoms with Gasteiger partial charge in [-0.1, -0.05) is 36.4 Å². The quantitative estimate of drug-likeness (QED) is 0.863. The molecule has 136 valence electrons. The number of nitrogens with zero attached hydrogens (tertiary/aromatic N) is 1. The number of hydrogen-bond donors (Lipinski definition) is 1. The Hall–Kier alpha value is -2.76. The van der Waals surface area contributed by atoms with Crippen LogP contribution in [0.2, 0.25) is 0 Å². The molecular formula is C20H20F2N2O2. The first-order valence-corrected chi connectivity index (χ1v) is 8.56. The maximum absolute atomic E-state index is 13.6. The van der Waals surface area contributed by atoms with Crippen molar-refractivity contribution in [2.75, 3.05) is 13.1 Å². The van der Waals surface area contributed by atoms with E-state index < -0.39 is 17.6 Å². The molecule has 3 rings (SSSR count). The van der Waals surface area contributed by atoms with Gasteiger partial charge in [0.15, 0.2) is 0 Å². The van der Waals surface area contributed by atoms with Crippen LogP contribution in [0.15, 0.2) is 48.5 Å². The van der Waals surface area contributed by atoms with Gasteiger partial charge in [0, 0.05) is 37.7 Å². The number of hydrogen-bond acceptors (Lipinski definition) is 2. The van der Waals surface area contributed by atoms with Crippen LogP contribution in [0, 0.1) is 17.6 Å². The number of benzene rings is 2. The molecule has 1 aliphatic heterocycles. The summed E-state index contributed by atoms with van der Waals surface area (Å²) in [5.41, 5.74) is 1.35. The van der Waals surface area contributed by atoms with E-state index in [-0.39, 0.29) is 30.3 Å². The monoisotopic (exact) mass is 358 g/mol. The molecule has 6 heteroatoms. The van der Waals surface area contributed by atoms with Crippen LogP contribution in [0.5, 0.6) is 0 Å². The fraction of sp³-hybridized carbons (Fsp3) is 0.300. The molecule has 1 aliphatic rings. The minimum atomic E-state index is -0.697. The first kappa shape index (κ1) is 18.0. The van der Waals surface area contributed by atoms with Gasteiger partial charge in [0.2, 0.25) is 11.8 Å². The largest absolute Gasteiger partial charge is 0.352 e. The van der Waals surface area contributed by atoms with Crippen molar-refractivity contribution < 1.29 is 18.4 Å². The molecule has 2 aromatic rings. The van der Waals surface area contributed by atoms with E-state index in [1.165, 1.54) is 6.07 Å². The fourth-order valence-electron chi connectivity index (χ4n) is 3.06. The van der Waals surface area contributed by atoms with Crippen molar-refractivity contribution in [3.8, 4) is 0 Å². The standard InChI is InChI=1S/C20H20F2N2O2/c21-17-7-6-15(18(22)11-17)12-23-20(26)16-10-19(25)24(13-16)9-8-14-4-2-1-3-5-14/h1-7,11,16H,8-10,12-13H2,(H,23,26). The number of nitrogens with one attached hydrogen (secondary N) is 1. The lowest BCUT2D eigenvalue weighted by atomic mass is 10.1. The highest BCUT2D eigenvalue weighted by Crippen LogP contribution is 2.19. The maximum Gasteiger partial charge on any atom is 0.225 e. The minimum Gasteiger partial charge on any atom is -0.352 e. The van der Waals surface area contributed by atoms with E-state index in [0.717, 1.165) is 24.1 Å². The Labute approximate surface area is 150 Å². The summed E-state index contributed by atoms with van der Waals surface area (Å²) in [7, 11) is 0. The Morgan fingerprint density at radius 3 is 2.65 bits per heavy atom. The third-order valence-corrected chi connectivity index (χ3v) is 4.57. The number of likely N-dealkylation sites (tertiary alicyclic amines) is 1. The summed E-state index contributed by atoms with van der Waals surface area (Å²) in [6.07, 6.45) is 0.897. The first-order valence-electron chi connectivity index (χ1n) is 8.56. The van der Waals surface area contributed by atoms with Gasteiger partial charge in [-0.3, -0.25) is 9.59 Å². The van der Waals surface area contributed by atoms with E-state index in [9.17, 15) is 18.4 Å².